The van der Waals surface area contributed by atoms with Crippen LogP contribution < -0.4 is 4.74 Å². The van der Waals surface area contributed by atoms with Crippen LogP contribution in [0.25, 0.3) is 0 Å². The third-order valence-corrected chi connectivity index (χ3v) is 8.11. The molecule has 4 rings (SSSR count). The smallest absolute Gasteiger partial charge is 0.242 e. The summed E-state index contributed by atoms with van der Waals surface area (Å²) in [4.78, 5) is 32.1. The molecule has 1 heterocycles. The van der Waals surface area contributed by atoms with Gasteiger partial charge >= 0.3 is 0 Å². The van der Waals surface area contributed by atoms with E-state index in [9.17, 15) is 14.0 Å². The zero-order chi connectivity index (χ0) is 26.2. The van der Waals surface area contributed by atoms with Crippen molar-refractivity contribution in [3.8, 4) is 5.75 Å². The lowest BCUT2D eigenvalue weighted by Gasteiger charge is -2.35. The first-order valence-electron chi connectivity index (χ1n) is 12.9. The van der Waals surface area contributed by atoms with Gasteiger partial charge in [0.15, 0.2) is 0 Å². The highest BCUT2D eigenvalue weighted by molar-refractivity contribution is 7.10. The van der Waals surface area contributed by atoms with Crippen LogP contribution in [0.15, 0.2) is 60.0 Å². The number of methoxy groups -OCH3 is 1. The SMILES string of the molecule is COc1ccc(CC(=O)N(CC(=O)N(Cc2ccc(F)cc2)Cc2sccc2C)C2CCCCC2)cc1. The minimum atomic E-state index is -0.302. The van der Waals surface area contributed by atoms with E-state index in [0.717, 1.165) is 53.0 Å². The van der Waals surface area contributed by atoms with E-state index in [4.69, 9.17) is 4.74 Å². The number of aryl methyl sites for hydroxylation is 1. The summed E-state index contributed by atoms with van der Waals surface area (Å²) in [6, 6.07) is 15.9. The van der Waals surface area contributed by atoms with Gasteiger partial charge in [-0.1, -0.05) is 43.5 Å². The summed E-state index contributed by atoms with van der Waals surface area (Å²) >= 11 is 1.62. The van der Waals surface area contributed by atoms with E-state index in [-0.39, 0.29) is 36.6 Å². The van der Waals surface area contributed by atoms with E-state index in [2.05, 4.69) is 0 Å². The Morgan fingerprint density at radius 2 is 1.59 bits per heavy atom. The van der Waals surface area contributed by atoms with Gasteiger partial charge in [-0.15, -0.1) is 11.3 Å². The number of thiophene rings is 1. The third kappa shape index (κ3) is 7.41. The van der Waals surface area contributed by atoms with E-state index in [1.807, 2.05) is 47.5 Å². The van der Waals surface area contributed by atoms with Crippen LogP contribution in [0.5, 0.6) is 5.75 Å². The molecule has 3 aromatic rings. The average Bonchev–Trinajstić information content (AvgIpc) is 3.32. The molecule has 1 fully saturated rings. The van der Waals surface area contributed by atoms with Crippen LogP contribution in [0.1, 0.15) is 53.7 Å². The minimum Gasteiger partial charge on any atom is -0.497 e. The summed E-state index contributed by atoms with van der Waals surface area (Å²) < 4.78 is 18.7. The number of ether oxygens (including phenoxy) is 1. The Bertz CT molecular complexity index is 1170. The van der Waals surface area contributed by atoms with Gasteiger partial charge in [0.25, 0.3) is 0 Å². The van der Waals surface area contributed by atoms with E-state index >= 15 is 0 Å². The first-order valence-corrected chi connectivity index (χ1v) is 13.8. The number of hydrogen-bond acceptors (Lipinski definition) is 4. The molecular formula is C30H35FN2O3S. The molecule has 1 saturated carbocycles. The maximum Gasteiger partial charge on any atom is 0.242 e. The number of amides is 2. The third-order valence-electron chi connectivity index (χ3n) is 7.10. The van der Waals surface area contributed by atoms with E-state index in [0.29, 0.717) is 13.1 Å². The van der Waals surface area contributed by atoms with Crippen molar-refractivity contribution in [3.63, 3.8) is 0 Å². The second kappa shape index (κ2) is 12.9. The van der Waals surface area contributed by atoms with Gasteiger partial charge in [-0.2, -0.15) is 0 Å². The molecule has 0 bridgehead atoms. The first-order chi connectivity index (χ1) is 17.9. The fourth-order valence-corrected chi connectivity index (χ4v) is 5.78. The number of nitrogens with zero attached hydrogens (tertiary/aromatic N) is 2. The number of halogens is 1. The van der Waals surface area contributed by atoms with Crippen molar-refractivity contribution >= 4 is 23.2 Å². The highest BCUT2D eigenvalue weighted by Crippen LogP contribution is 2.25. The normalized spacial score (nSPS) is 13.8. The Hall–Kier alpha value is -3.19. The summed E-state index contributed by atoms with van der Waals surface area (Å²) in [5.41, 5.74) is 2.90. The molecule has 5 nitrogen and oxygen atoms in total. The van der Waals surface area contributed by atoms with Crippen molar-refractivity contribution in [1.82, 2.24) is 9.80 Å². The number of carbonyl (C=O) groups is 2. The summed E-state index contributed by atoms with van der Waals surface area (Å²) in [5.74, 6) is 0.324. The van der Waals surface area contributed by atoms with Crippen molar-refractivity contribution in [2.45, 2.75) is 64.6 Å². The van der Waals surface area contributed by atoms with Crippen LogP contribution in [0.3, 0.4) is 0 Å². The molecule has 0 saturated heterocycles. The van der Waals surface area contributed by atoms with E-state index in [1.54, 1.807) is 35.5 Å². The lowest BCUT2D eigenvalue weighted by atomic mass is 9.93. The summed E-state index contributed by atoms with van der Waals surface area (Å²) in [7, 11) is 1.62. The molecule has 0 N–H and O–H groups in total. The largest absolute Gasteiger partial charge is 0.497 e. The molecule has 2 aromatic carbocycles. The molecule has 196 valence electrons. The van der Waals surface area contributed by atoms with Crippen molar-refractivity contribution in [2.24, 2.45) is 0 Å². The van der Waals surface area contributed by atoms with E-state index in [1.165, 1.54) is 18.6 Å². The van der Waals surface area contributed by atoms with Crippen LogP contribution in [0.4, 0.5) is 4.39 Å². The zero-order valence-electron chi connectivity index (χ0n) is 21.6. The quantitative estimate of drug-likeness (QED) is 0.322. The standard InChI is InChI=1S/C30H35FN2O3S/c1-22-16-17-37-28(22)20-32(19-24-8-12-25(31)13-9-24)30(35)21-33(26-6-4-3-5-7-26)29(34)18-23-10-14-27(36-2)15-11-23/h8-17,26H,3-7,18-21H2,1-2H3. The summed E-state index contributed by atoms with van der Waals surface area (Å²) in [5, 5.41) is 2.03. The molecule has 2 amide bonds. The topological polar surface area (TPSA) is 49.9 Å². The van der Waals surface area contributed by atoms with Gasteiger partial charge in [-0.25, -0.2) is 4.39 Å². The summed E-state index contributed by atoms with van der Waals surface area (Å²) in [6.45, 7) is 2.91. The van der Waals surface area contributed by atoms with Crippen LogP contribution >= 0.6 is 11.3 Å². The fraction of sp³-hybridized carbons (Fsp3) is 0.400. The lowest BCUT2D eigenvalue weighted by Crippen LogP contribution is -2.48. The fourth-order valence-electron chi connectivity index (χ4n) is 4.86. The number of benzene rings is 2. The van der Waals surface area contributed by atoms with Crippen LogP contribution in [-0.4, -0.2) is 41.3 Å². The highest BCUT2D eigenvalue weighted by atomic mass is 32.1. The van der Waals surface area contributed by atoms with Crippen LogP contribution in [-0.2, 0) is 29.1 Å². The molecular weight excluding hydrogens is 487 g/mol. The monoisotopic (exact) mass is 522 g/mol. The lowest BCUT2D eigenvalue weighted by molar-refractivity contribution is -0.143. The zero-order valence-corrected chi connectivity index (χ0v) is 22.4. The van der Waals surface area contributed by atoms with Gasteiger partial charge in [-0.3, -0.25) is 9.59 Å². The second-order valence-electron chi connectivity index (χ2n) is 9.74. The van der Waals surface area contributed by atoms with Crippen LogP contribution in [0.2, 0.25) is 0 Å². The van der Waals surface area contributed by atoms with Crippen molar-refractivity contribution in [1.29, 1.82) is 0 Å². The molecule has 1 aromatic heterocycles. The molecule has 0 atom stereocenters. The Labute approximate surface area is 222 Å². The van der Waals surface area contributed by atoms with Crippen molar-refractivity contribution in [2.75, 3.05) is 13.7 Å². The minimum absolute atomic E-state index is 0.0283. The maximum absolute atomic E-state index is 13.8. The average molecular weight is 523 g/mol. The predicted molar refractivity (Wildman–Crippen MR) is 145 cm³/mol. The Morgan fingerprint density at radius 3 is 2.22 bits per heavy atom. The molecule has 0 unspecified atom stereocenters. The maximum atomic E-state index is 13.8. The highest BCUT2D eigenvalue weighted by Gasteiger charge is 2.29. The first kappa shape index (κ1) is 26.9. The Morgan fingerprint density at radius 1 is 0.919 bits per heavy atom. The predicted octanol–water partition coefficient (Wildman–Crippen LogP) is 6.14. The molecule has 37 heavy (non-hydrogen) atoms. The number of rotatable bonds is 10. The molecule has 7 heteroatoms. The van der Waals surface area contributed by atoms with Crippen LogP contribution in [0, 0.1) is 12.7 Å². The Balaban J connectivity index is 1.54. The van der Waals surface area contributed by atoms with E-state index < -0.39 is 0 Å². The number of hydrogen-bond donors (Lipinski definition) is 0. The molecule has 1 aliphatic carbocycles. The molecule has 1 aliphatic rings. The molecule has 0 spiro atoms. The summed E-state index contributed by atoms with van der Waals surface area (Å²) in [6.07, 6.45) is 5.39. The molecule has 0 radical (unpaired) electrons. The molecule has 0 aliphatic heterocycles. The van der Waals surface area contributed by atoms with Crippen molar-refractivity contribution < 1.29 is 18.7 Å². The second-order valence-corrected chi connectivity index (χ2v) is 10.7. The van der Waals surface area contributed by atoms with Gasteiger partial charge in [0.05, 0.1) is 20.1 Å². The number of carbonyl (C=O) groups excluding carboxylic acids is 2. The van der Waals surface area contributed by atoms with Gasteiger partial charge in [0.2, 0.25) is 11.8 Å². The van der Waals surface area contributed by atoms with Gasteiger partial charge in [0.1, 0.15) is 18.1 Å². The van der Waals surface area contributed by atoms with Crippen molar-refractivity contribution in [3.05, 3.63) is 87.4 Å². The van der Waals surface area contributed by atoms with Gasteiger partial charge in [0, 0.05) is 17.5 Å². The Kier molecular flexibility index (Phi) is 9.34. The van der Waals surface area contributed by atoms with Gasteiger partial charge < -0.3 is 14.5 Å². The van der Waals surface area contributed by atoms with Gasteiger partial charge in [-0.05, 0) is 72.2 Å².